The summed E-state index contributed by atoms with van der Waals surface area (Å²) in [5, 5.41) is 13.5. The summed E-state index contributed by atoms with van der Waals surface area (Å²) in [4.78, 5) is 19.6. The molecule has 0 spiro atoms. The number of aromatic nitrogens is 2. The first-order chi connectivity index (χ1) is 14.7. The molecule has 0 aliphatic carbocycles. The van der Waals surface area contributed by atoms with Crippen LogP contribution >= 0.6 is 0 Å². The Hall–Kier alpha value is -3.37. The Morgan fingerprint density at radius 3 is 2.65 bits per heavy atom. The lowest BCUT2D eigenvalue weighted by Crippen LogP contribution is -2.54. The van der Waals surface area contributed by atoms with E-state index in [1.807, 2.05) is 13.8 Å². The van der Waals surface area contributed by atoms with Crippen molar-refractivity contribution >= 4 is 5.70 Å². The summed E-state index contributed by atoms with van der Waals surface area (Å²) in [7, 11) is 0. The summed E-state index contributed by atoms with van der Waals surface area (Å²) in [6.07, 6.45) is 1.40. The average Bonchev–Trinajstić information content (AvgIpc) is 2.75. The van der Waals surface area contributed by atoms with Crippen LogP contribution in [0.1, 0.15) is 30.9 Å². The minimum absolute atomic E-state index is 0.0832. The van der Waals surface area contributed by atoms with Crippen molar-refractivity contribution in [1.29, 1.82) is 0 Å². The van der Waals surface area contributed by atoms with Gasteiger partial charge in [0.25, 0.3) is 5.56 Å². The average molecular weight is 430 g/mol. The fourth-order valence-corrected chi connectivity index (χ4v) is 3.59. The Morgan fingerprint density at radius 2 is 2.03 bits per heavy atom. The van der Waals surface area contributed by atoms with E-state index in [1.54, 1.807) is 12.1 Å². The number of hydrogen-bond donors (Lipinski definition) is 5. The van der Waals surface area contributed by atoms with E-state index in [9.17, 15) is 14.3 Å². The standard InChI is InChI=1S/C21H28FN7O2/c1-13(25-11-14-4-6-15(22)7-5-14)17-18(30)19(31)29-9-8-28(12-16(10-23)27-24)21(2,3)20(29)26-17/h4-7,10,25,27,30H,1,8-9,11-12,23-24H2,2-3H3/b16-10-. The molecule has 0 radical (unpaired) electrons. The molecule has 0 saturated carbocycles. The predicted molar refractivity (Wildman–Crippen MR) is 117 cm³/mol. The van der Waals surface area contributed by atoms with E-state index in [0.717, 1.165) is 5.56 Å². The van der Waals surface area contributed by atoms with Crippen molar-refractivity contribution in [1.82, 2.24) is 25.2 Å². The van der Waals surface area contributed by atoms with E-state index < -0.39 is 16.8 Å². The normalized spacial score (nSPS) is 15.9. The highest BCUT2D eigenvalue weighted by Gasteiger charge is 2.38. The second-order valence-corrected chi connectivity index (χ2v) is 7.86. The Bertz CT molecular complexity index is 1060. The molecule has 0 saturated heterocycles. The van der Waals surface area contributed by atoms with E-state index in [4.69, 9.17) is 11.6 Å². The summed E-state index contributed by atoms with van der Waals surface area (Å²) in [6, 6.07) is 6.00. The van der Waals surface area contributed by atoms with Crippen LogP contribution in [-0.4, -0.2) is 32.6 Å². The zero-order chi connectivity index (χ0) is 22.8. The van der Waals surface area contributed by atoms with Gasteiger partial charge in [0.15, 0.2) is 0 Å². The third-order valence-corrected chi connectivity index (χ3v) is 5.53. The summed E-state index contributed by atoms with van der Waals surface area (Å²) >= 11 is 0. The molecule has 10 heteroatoms. The first kappa shape index (κ1) is 22.3. The van der Waals surface area contributed by atoms with Crippen molar-refractivity contribution < 1.29 is 9.50 Å². The van der Waals surface area contributed by atoms with Gasteiger partial charge in [-0.25, -0.2) is 9.37 Å². The van der Waals surface area contributed by atoms with Crippen molar-refractivity contribution in [3.8, 4) is 5.75 Å². The maximum Gasteiger partial charge on any atom is 0.296 e. The molecular weight excluding hydrogens is 401 g/mol. The third-order valence-electron chi connectivity index (χ3n) is 5.53. The van der Waals surface area contributed by atoms with Crippen LogP contribution in [0.25, 0.3) is 5.70 Å². The Morgan fingerprint density at radius 1 is 1.35 bits per heavy atom. The van der Waals surface area contributed by atoms with E-state index in [0.29, 0.717) is 43.4 Å². The molecule has 31 heavy (non-hydrogen) atoms. The molecule has 2 heterocycles. The molecule has 166 valence electrons. The zero-order valence-electron chi connectivity index (χ0n) is 17.7. The third kappa shape index (κ3) is 4.39. The molecule has 0 unspecified atom stereocenters. The summed E-state index contributed by atoms with van der Waals surface area (Å²) in [5.41, 5.74) is 8.82. The number of rotatable bonds is 7. The van der Waals surface area contributed by atoms with Gasteiger partial charge >= 0.3 is 0 Å². The van der Waals surface area contributed by atoms with Crippen LogP contribution in [-0.2, 0) is 18.6 Å². The minimum atomic E-state index is -0.651. The second-order valence-electron chi connectivity index (χ2n) is 7.86. The second kappa shape index (κ2) is 8.78. The van der Waals surface area contributed by atoms with Gasteiger partial charge < -0.3 is 21.6 Å². The molecular formula is C21H28FN7O2. The lowest BCUT2D eigenvalue weighted by molar-refractivity contribution is 0.0824. The first-order valence-corrected chi connectivity index (χ1v) is 9.83. The van der Waals surface area contributed by atoms with Crippen molar-refractivity contribution in [2.24, 2.45) is 11.6 Å². The lowest BCUT2D eigenvalue weighted by atomic mass is 9.97. The zero-order valence-corrected chi connectivity index (χ0v) is 17.7. The number of aromatic hydroxyl groups is 1. The number of hydrogen-bond acceptors (Lipinski definition) is 8. The van der Waals surface area contributed by atoms with Crippen LogP contribution in [0.15, 0.2) is 47.5 Å². The SMILES string of the molecule is C=C(NCc1ccc(F)cc1)c1nc2n(c(=O)c1O)CCN(C/C(=C/N)NN)C2(C)C. The molecule has 0 bridgehead atoms. The molecule has 2 aromatic rings. The van der Waals surface area contributed by atoms with Gasteiger partial charge in [0.05, 0.1) is 16.9 Å². The number of nitrogens with two attached hydrogens (primary N) is 2. The first-order valence-electron chi connectivity index (χ1n) is 9.83. The summed E-state index contributed by atoms with van der Waals surface area (Å²) < 4.78 is 14.6. The number of nitrogens with one attached hydrogen (secondary N) is 2. The number of halogens is 1. The number of nitrogens with zero attached hydrogens (tertiary/aromatic N) is 3. The molecule has 3 rings (SSSR count). The highest BCUT2D eigenvalue weighted by Crippen LogP contribution is 2.31. The van der Waals surface area contributed by atoms with Crippen molar-refractivity contribution in [2.45, 2.75) is 32.5 Å². The van der Waals surface area contributed by atoms with Gasteiger partial charge in [-0.2, -0.15) is 0 Å². The number of fused-ring (bicyclic) bond motifs is 1. The molecule has 9 nitrogen and oxygen atoms in total. The fourth-order valence-electron chi connectivity index (χ4n) is 3.59. The number of benzene rings is 1. The lowest BCUT2D eigenvalue weighted by Gasteiger charge is -2.43. The van der Waals surface area contributed by atoms with Gasteiger partial charge in [0.1, 0.15) is 17.3 Å². The van der Waals surface area contributed by atoms with Gasteiger partial charge in [-0.1, -0.05) is 18.7 Å². The monoisotopic (exact) mass is 429 g/mol. The van der Waals surface area contributed by atoms with Crippen LogP contribution in [0.3, 0.4) is 0 Å². The quantitative estimate of drug-likeness (QED) is 0.320. The van der Waals surface area contributed by atoms with Crippen molar-refractivity contribution in [3.63, 3.8) is 0 Å². The molecule has 0 fully saturated rings. The Labute approximate surface area is 179 Å². The Kier molecular flexibility index (Phi) is 6.32. The van der Waals surface area contributed by atoms with Gasteiger partial charge in [0, 0.05) is 32.4 Å². The van der Waals surface area contributed by atoms with Gasteiger partial charge in [0.2, 0.25) is 5.75 Å². The van der Waals surface area contributed by atoms with E-state index in [-0.39, 0.29) is 11.5 Å². The molecule has 1 aromatic heterocycles. The molecule has 7 N–H and O–H groups in total. The van der Waals surface area contributed by atoms with Crippen LogP contribution < -0.4 is 27.9 Å². The van der Waals surface area contributed by atoms with E-state index in [2.05, 4.69) is 27.2 Å². The minimum Gasteiger partial charge on any atom is -0.501 e. The molecule has 0 amide bonds. The topological polar surface area (TPSA) is 134 Å². The fraction of sp³-hybridized carbons (Fsp3) is 0.333. The van der Waals surface area contributed by atoms with E-state index in [1.165, 1.54) is 22.9 Å². The van der Waals surface area contributed by atoms with Gasteiger partial charge in [-0.15, -0.1) is 0 Å². The molecule has 1 aliphatic rings. The molecule has 1 aromatic carbocycles. The Balaban J connectivity index is 1.90. The smallest absolute Gasteiger partial charge is 0.296 e. The van der Waals surface area contributed by atoms with Crippen LogP contribution in [0.2, 0.25) is 0 Å². The number of hydrazine groups is 1. The maximum absolute atomic E-state index is 13.1. The van der Waals surface area contributed by atoms with Crippen molar-refractivity contribution in [3.05, 3.63) is 76.0 Å². The molecule has 0 atom stereocenters. The van der Waals surface area contributed by atoms with Crippen LogP contribution in [0.5, 0.6) is 5.75 Å². The maximum atomic E-state index is 13.1. The molecule has 1 aliphatic heterocycles. The highest BCUT2D eigenvalue weighted by atomic mass is 19.1. The van der Waals surface area contributed by atoms with Gasteiger partial charge in [-0.05, 0) is 31.5 Å². The largest absolute Gasteiger partial charge is 0.501 e. The summed E-state index contributed by atoms with van der Waals surface area (Å²) in [6.45, 7) is 9.48. The highest BCUT2D eigenvalue weighted by molar-refractivity contribution is 5.63. The van der Waals surface area contributed by atoms with Crippen LogP contribution in [0, 0.1) is 5.82 Å². The van der Waals surface area contributed by atoms with Crippen molar-refractivity contribution in [2.75, 3.05) is 13.1 Å². The summed E-state index contributed by atoms with van der Waals surface area (Å²) in [5.74, 6) is 5.22. The predicted octanol–water partition coefficient (Wildman–Crippen LogP) is 0.663. The van der Waals surface area contributed by atoms with Crippen LogP contribution in [0.4, 0.5) is 4.39 Å². The van der Waals surface area contributed by atoms with Gasteiger partial charge in [-0.3, -0.25) is 20.1 Å². The van der Waals surface area contributed by atoms with E-state index >= 15 is 0 Å².